The van der Waals surface area contributed by atoms with Gasteiger partial charge in [-0.1, -0.05) is 11.6 Å². The maximum Gasteiger partial charge on any atom is 0.409 e. The van der Waals surface area contributed by atoms with Crippen LogP contribution in [0.4, 0.5) is 9.18 Å². The smallest absolute Gasteiger partial charge is 0.409 e. The van der Waals surface area contributed by atoms with Crippen molar-refractivity contribution in [3.8, 4) is 0 Å². The van der Waals surface area contributed by atoms with Gasteiger partial charge in [0.25, 0.3) is 0 Å². The Labute approximate surface area is 133 Å². The van der Waals surface area contributed by atoms with Gasteiger partial charge in [-0.05, 0) is 25.1 Å². The van der Waals surface area contributed by atoms with Crippen LogP contribution < -0.4 is 0 Å². The fourth-order valence-electron chi connectivity index (χ4n) is 2.11. The van der Waals surface area contributed by atoms with E-state index in [-0.39, 0.29) is 42.7 Å². The van der Waals surface area contributed by atoms with E-state index in [2.05, 4.69) is 0 Å². The lowest BCUT2D eigenvalue weighted by Gasteiger charge is -2.33. The third-order valence-corrected chi connectivity index (χ3v) is 5.49. The van der Waals surface area contributed by atoms with Crippen molar-refractivity contribution in [2.45, 2.75) is 11.8 Å². The second kappa shape index (κ2) is 6.80. The molecule has 0 aromatic heterocycles. The first kappa shape index (κ1) is 17.0. The van der Waals surface area contributed by atoms with Gasteiger partial charge >= 0.3 is 6.09 Å². The highest BCUT2D eigenvalue weighted by molar-refractivity contribution is 7.89. The van der Waals surface area contributed by atoms with E-state index < -0.39 is 21.9 Å². The minimum absolute atomic E-state index is 0.130. The zero-order chi connectivity index (χ0) is 16.3. The van der Waals surface area contributed by atoms with E-state index in [1.807, 2.05) is 0 Å². The molecule has 9 heteroatoms. The van der Waals surface area contributed by atoms with Crippen LogP contribution >= 0.6 is 11.6 Å². The number of ether oxygens (including phenoxy) is 1. The van der Waals surface area contributed by atoms with E-state index in [9.17, 15) is 17.6 Å². The molecule has 1 aliphatic rings. The van der Waals surface area contributed by atoms with E-state index >= 15 is 0 Å². The molecule has 0 atom stereocenters. The molecule has 1 aromatic carbocycles. The molecule has 1 aliphatic heterocycles. The van der Waals surface area contributed by atoms with Crippen LogP contribution in [0.15, 0.2) is 23.1 Å². The molecule has 0 unspecified atom stereocenters. The third kappa shape index (κ3) is 3.50. The molecule has 1 amide bonds. The van der Waals surface area contributed by atoms with E-state index in [4.69, 9.17) is 16.3 Å². The van der Waals surface area contributed by atoms with Gasteiger partial charge in [-0.25, -0.2) is 17.6 Å². The molecule has 1 saturated heterocycles. The predicted octanol–water partition coefficient (Wildman–Crippen LogP) is 1.94. The number of piperazine rings is 1. The minimum atomic E-state index is -3.81. The lowest BCUT2D eigenvalue weighted by molar-refractivity contribution is 0.0934. The van der Waals surface area contributed by atoms with Crippen molar-refractivity contribution in [2.75, 3.05) is 32.8 Å². The van der Waals surface area contributed by atoms with Gasteiger partial charge in [-0.3, -0.25) is 0 Å². The molecule has 0 N–H and O–H groups in total. The highest BCUT2D eigenvalue weighted by Crippen LogP contribution is 2.22. The van der Waals surface area contributed by atoms with Gasteiger partial charge in [0.2, 0.25) is 10.0 Å². The summed E-state index contributed by atoms with van der Waals surface area (Å²) in [7, 11) is -3.81. The minimum Gasteiger partial charge on any atom is -0.450 e. The van der Waals surface area contributed by atoms with Crippen LogP contribution in [0.3, 0.4) is 0 Å². The topological polar surface area (TPSA) is 66.9 Å². The second-order valence-electron chi connectivity index (χ2n) is 4.67. The van der Waals surface area contributed by atoms with Gasteiger partial charge in [0.05, 0.1) is 16.5 Å². The van der Waals surface area contributed by atoms with Crippen molar-refractivity contribution in [3.63, 3.8) is 0 Å². The van der Waals surface area contributed by atoms with Crippen molar-refractivity contribution in [1.82, 2.24) is 9.21 Å². The highest BCUT2D eigenvalue weighted by Gasteiger charge is 2.30. The number of nitrogens with zero attached hydrogens (tertiary/aromatic N) is 2. The molecule has 1 fully saturated rings. The van der Waals surface area contributed by atoms with E-state index in [1.54, 1.807) is 6.92 Å². The number of hydrogen-bond acceptors (Lipinski definition) is 4. The summed E-state index contributed by atoms with van der Waals surface area (Å²) in [6.07, 6.45) is -0.461. The van der Waals surface area contributed by atoms with Crippen LogP contribution in [0.25, 0.3) is 0 Å². The molecule has 22 heavy (non-hydrogen) atoms. The Kier molecular flexibility index (Phi) is 5.25. The number of amides is 1. The molecule has 0 saturated carbocycles. The zero-order valence-corrected chi connectivity index (χ0v) is 13.5. The number of halogens is 2. The summed E-state index contributed by atoms with van der Waals surface area (Å²) < 4.78 is 44.4. The predicted molar refractivity (Wildman–Crippen MR) is 78.8 cm³/mol. The maximum atomic E-state index is 13.4. The van der Waals surface area contributed by atoms with Crippen molar-refractivity contribution < 1.29 is 22.3 Å². The molecule has 0 bridgehead atoms. The van der Waals surface area contributed by atoms with E-state index in [1.165, 1.54) is 21.3 Å². The molecule has 122 valence electrons. The molecule has 1 aromatic rings. The molecule has 2 rings (SSSR count). The lowest BCUT2D eigenvalue weighted by Crippen LogP contribution is -2.50. The monoisotopic (exact) mass is 350 g/mol. The van der Waals surface area contributed by atoms with Crippen LogP contribution in [0, 0.1) is 5.82 Å². The Morgan fingerprint density at radius 1 is 1.32 bits per heavy atom. The molecule has 6 nitrogen and oxygen atoms in total. The number of carbonyl (C=O) groups excluding carboxylic acids is 1. The zero-order valence-electron chi connectivity index (χ0n) is 12.0. The summed E-state index contributed by atoms with van der Waals surface area (Å²) in [5.74, 6) is -0.784. The number of rotatable bonds is 3. The summed E-state index contributed by atoms with van der Waals surface area (Å²) in [6, 6.07) is 3.37. The Hall–Kier alpha value is -1.38. The van der Waals surface area contributed by atoms with Crippen molar-refractivity contribution in [1.29, 1.82) is 0 Å². The maximum absolute atomic E-state index is 13.4. The van der Waals surface area contributed by atoms with E-state index in [0.29, 0.717) is 0 Å². The largest absolute Gasteiger partial charge is 0.450 e. The number of carbonyl (C=O) groups is 1. The summed E-state index contributed by atoms with van der Waals surface area (Å²) in [5, 5.41) is -0.133. The van der Waals surface area contributed by atoms with Crippen molar-refractivity contribution in [2.24, 2.45) is 0 Å². The standard InChI is InChI=1S/C13H16ClFN2O4S/c1-2-21-13(18)16-5-7-17(8-6-16)22(19,20)10-3-4-11(14)12(15)9-10/h3-4,9H,2,5-8H2,1H3. The summed E-state index contributed by atoms with van der Waals surface area (Å²) in [4.78, 5) is 12.9. The van der Waals surface area contributed by atoms with Crippen LogP contribution in [0.2, 0.25) is 5.02 Å². The van der Waals surface area contributed by atoms with Crippen LogP contribution in [0.1, 0.15) is 6.92 Å². The normalized spacial score (nSPS) is 16.6. The first-order valence-electron chi connectivity index (χ1n) is 6.73. The summed E-state index contributed by atoms with van der Waals surface area (Å²) in [5.41, 5.74) is 0. The van der Waals surface area contributed by atoms with Gasteiger partial charge in [-0.15, -0.1) is 0 Å². The fraction of sp³-hybridized carbons (Fsp3) is 0.462. The average Bonchev–Trinajstić information content (AvgIpc) is 2.50. The number of hydrogen-bond donors (Lipinski definition) is 0. The van der Waals surface area contributed by atoms with Gasteiger partial charge in [0.1, 0.15) is 5.82 Å². The van der Waals surface area contributed by atoms with Gasteiger partial charge in [-0.2, -0.15) is 4.31 Å². The van der Waals surface area contributed by atoms with Crippen LogP contribution in [-0.2, 0) is 14.8 Å². The molecular formula is C13H16ClFN2O4S. The van der Waals surface area contributed by atoms with E-state index in [0.717, 1.165) is 6.07 Å². The third-order valence-electron chi connectivity index (χ3n) is 3.29. The summed E-state index contributed by atoms with van der Waals surface area (Å²) >= 11 is 5.56. The first-order chi connectivity index (χ1) is 10.4. The van der Waals surface area contributed by atoms with Crippen LogP contribution in [-0.4, -0.2) is 56.5 Å². The Bertz CT molecular complexity index is 660. The number of sulfonamides is 1. The first-order valence-corrected chi connectivity index (χ1v) is 8.55. The Morgan fingerprint density at radius 2 is 1.95 bits per heavy atom. The van der Waals surface area contributed by atoms with Gasteiger partial charge in [0.15, 0.2) is 0 Å². The second-order valence-corrected chi connectivity index (χ2v) is 7.01. The molecule has 1 heterocycles. The highest BCUT2D eigenvalue weighted by atomic mass is 35.5. The molecule has 0 spiro atoms. The molecular weight excluding hydrogens is 335 g/mol. The molecule has 0 radical (unpaired) electrons. The Balaban J connectivity index is 2.09. The quantitative estimate of drug-likeness (QED) is 0.835. The van der Waals surface area contributed by atoms with Crippen LogP contribution in [0.5, 0.6) is 0 Å². The van der Waals surface area contributed by atoms with Gasteiger partial charge < -0.3 is 9.64 Å². The fourth-order valence-corrected chi connectivity index (χ4v) is 3.66. The average molecular weight is 351 g/mol. The Morgan fingerprint density at radius 3 is 2.50 bits per heavy atom. The van der Waals surface area contributed by atoms with Crippen molar-refractivity contribution in [3.05, 3.63) is 29.0 Å². The number of benzene rings is 1. The molecule has 0 aliphatic carbocycles. The SMILES string of the molecule is CCOC(=O)N1CCN(S(=O)(=O)c2ccc(Cl)c(F)c2)CC1. The van der Waals surface area contributed by atoms with Crippen molar-refractivity contribution >= 4 is 27.7 Å². The van der Waals surface area contributed by atoms with Gasteiger partial charge in [0, 0.05) is 26.2 Å². The lowest BCUT2D eigenvalue weighted by atomic mass is 10.3. The summed E-state index contributed by atoms with van der Waals surface area (Å²) in [6.45, 7) is 2.69.